The normalized spacial score (nSPS) is 19.1. The third kappa shape index (κ3) is 2.89. The highest BCUT2D eigenvalue weighted by molar-refractivity contribution is 5.61. The van der Waals surface area contributed by atoms with Crippen LogP contribution in [0.25, 0.3) is 11.4 Å². The molecule has 0 atom stereocenters. The van der Waals surface area contributed by atoms with Crippen molar-refractivity contribution >= 4 is 5.82 Å². The van der Waals surface area contributed by atoms with Crippen LogP contribution >= 0.6 is 0 Å². The van der Waals surface area contributed by atoms with Crippen LogP contribution < -0.4 is 4.90 Å². The highest BCUT2D eigenvalue weighted by Gasteiger charge is 2.72. The van der Waals surface area contributed by atoms with E-state index in [-0.39, 0.29) is 18.2 Å². The summed E-state index contributed by atoms with van der Waals surface area (Å²) < 4.78 is 80.6. The van der Waals surface area contributed by atoms with Gasteiger partial charge in [0.1, 0.15) is 5.82 Å². The molecule has 1 aliphatic heterocycles. The first kappa shape index (κ1) is 18.9. The number of halogens is 6. The van der Waals surface area contributed by atoms with E-state index in [1.807, 2.05) is 0 Å². The summed E-state index contributed by atoms with van der Waals surface area (Å²) in [6.07, 6.45) is -6.84. The highest BCUT2D eigenvalue weighted by atomic mass is 19.4. The Morgan fingerprint density at radius 3 is 2.21 bits per heavy atom. The van der Waals surface area contributed by atoms with Gasteiger partial charge in [-0.2, -0.15) is 26.3 Å². The Balaban J connectivity index is 1.77. The summed E-state index contributed by atoms with van der Waals surface area (Å²) in [5, 5.41) is 0. The number of aryl methyl sites for hydroxylation is 1. The van der Waals surface area contributed by atoms with E-state index in [0.717, 1.165) is 11.3 Å². The molecule has 1 fully saturated rings. The van der Waals surface area contributed by atoms with Gasteiger partial charge >= 0.3 is 12.4 Å². The van der Waals surface area contributed by atoms with Crippen LogP contribution in [-0.2, 0) is 12.8 Å². The minimum absolute atomic E-state index is 0.185. The van der Waals surface area contributed by atoms with Gasteiger partial charge in [-0.05, 0) is 37.8 Å². The molecule has 0 radical (unpaired) electrons. The second-order valence-corrected chi connectivity index (χ2v) is 7.13. The Hall–Kier alpha value is -2.39. The predicted octanol–water partition coefficient (Wildman–Crippen LogP) is 4.35. The first-order valence-electron chi connectivity index (χ1n) is 8.81. The van der Waals surface area contributed by atoms with Gasteiger partial charge in [0.25, 0.3) is 0 Å². The van der Waals surface area contributed by atoms with Crippen LogP contribution in [0.3, 0.4) is 0 Å². The van der Waals surface area contributed by atoms with Crippen molar-refractivity contribution in [1.82, 2.24) is 15.0 Å². The molecular formula is C18H16F6N4. The fraction of sp³-hybridized carbons (Fsp3) is 0.500. The quantitative estimate of drug-likeness (QED) is 0.701. The van der Waals surface area contributed by atoms with Gasteiger partial charge in [0.15, 0.2) is 11.2 Å². The molecule has 1 saturated heterocycles. The maximum atomic E-state index is 13.4. The van der Waals surface area contributed by atoms with Crippen molar-refractivity contribution in [3.63, 3.8) is 0 Å². The number of anilines is 1. The van der Waals surface area contributed by atoms with Gasteiger partial charge in [-0.3, -0.25) is 4.98 Å². The monoisotopic (exact) mass is 402 g/mol. The van der Waals surface area contributed by atoms with Crippen molar-refractivity contribution in [3.8, 4) is 11.4 Å². The fourth-order valence-corrected chi connectivity index (χ4v) is 3.92. The lowest BCUT2D eigenvalue weighted by atomic mass is 9.85. The molecule has 0 N–H and O–H groups in total. The van der Waals surface area contributed by atoms with Crippen LogP contribution in [0.4, 0.5) is 32.2 Å². The summed E-state index contributed by atoms with van der Waals surface area (Å²) in [5.41, 5.74) is -1.79. The Kier molecular flexibility index (Phi) is 4.27. The van der Waals surface area contributed by atoms with Crippen molar-refractivity contribution in [2.24, 2.45) is 5.41 Å². The molecule has 0 spiro atoms. The standard InChI is InChI=1S/C18H16F6N4/c19-17(20,21)16(18(22,23)24)6-9-28(10-16)15-12-2-1-3-13(12)26-14(27-15)11-4-7-25-8-5-11/h4-5,7-8H,1-3,6,9-10H2. The maximum absolute atomic E-state index is 13.4. The molecule has 2 aromatic heterocycles. The zero-order valence-corrected chi connectivity index (χ0v) is 14.6. The average Bonchev–Trinajstić information content (AvgIpc) is 3.28. The number of pyridine rings is 1. The fourth-order valence-electron chi connectivity index (χ4n) is 3.92. The molecule has 150 valence electrons. The number of hydrogen-bond donors (Lipinski definition) is 0. The summed E-state index contributed by atoms with van der Waals surface area (Å²) in [7, 11) is 0. The van der Waals surface area contributed by atoms with Gasteiger partial charge in [0.05, 0.1) is 0 Å². The van der Waals surface area contributed by atoms with Gasteiger partial charge in [0.2, 0.25) is 0 Å². The SMILES string of the molecule is FC(F)(F)C1(C(F)(F)F)CCN(c2nc(-c3ccncc3)nc3c2CCC3)C1. The maximum Gasteiger partial charge on any atom is 0.404 e. The highest BCUT2D eigenvalue weighted by Crippen LogP contribution is 2.56. The van der Waals surface area contributed by atoms with Gasteiger partial charge in [-0.1, -0.05) is 0 Å². The van der Waals surface area contributed by atoms with Crippen molar-refractivity contribution in [3.05, 3.63) is 35.8 Å². The molecule has 28 heavy (non-hydrogen) atoms. The average molecular weight is 402 g/mol. The van der Waals surface area contributed by atoms with Gasteiger partial charge < -0.3 is 4.90 Å². The van der Waals surface area contributed by atoms with Crippen molar-refractivity contribution in [1.29, 1.82) is 0 Å². The third-order valence-corrected chi connectivity index (χ3v) is 5.50. The summed E-state index contributed by atoms with van der Waals surface area (Å²) in [6.45, 7) is -1.54. The Bertz CT molecular complexity index is 864. The predicted molar refractivity (Wildman–Crippen MR) is 88.7 cm³/mol. The first-order chi connectivity index (χ1) is 13.1. The lowest BCUT2D eigenvalue weighted by Gasteiger charge is -2.33. The molecule has 3 heterocycles. The largest absolute Gasteiger partial charge is 0.404 e. The molecule has 2 aliphatic rings. The summed E-state index contributed by atoms with van der Waals surface area (Å²) in [6, 6.07) is 3.31. The molecule has 0 unspecified atom stereocenters. The second kappa shape index (κ2) is 6.31. The Labute approximate surface area is 156 Å². The van der Waals surface area contributed by atoms with E-state index in [4.69, 9.17) is 0 Å². The summed E-state index contributed by atoms with van der Waals surface area (Å²) in [5.74, 6) is 0.472. The molecule has 0 saturated carbocycles. The lowest BCUT2D eigenvalue weighted by molar-refractivity contribution is -0.332. The molecule has 4 nitrogen and oxygen atoms in total. The number of nitrogens with zero attached hydrogens (tertiary/aromatic N) is 4. The van der Waals surface area contributed by atoms with Gasteiger partial charge in [-0.15, -0.1) is 0 Å². The van der Waals surface area contributed by atoms with E-state index in [1.54, 1.807) is 12.1 Å². The lowest BCUT2D eigenvalue weighted by Crippen LogP contribution is -2.51. The van der Waals surface area contributed by atoms with Crippen LogP contribution in [0.15, 0.2) is 24.5 Å². The molecule has 1 aliphatic carbocycles. The van der Waals surface area contributed by atoms with Crippen LogP contribution in [0.1, 0.15) is 24.1 Å². The number of hydrogen-bond acceptors (Lipinski definition) is 4. The molecule has 4 rings (SSSR count). The third-order valence-electron chi connectivity index (χ3n) is 5.50. The zero-order chi connectivity index (χ0) is 20.2. The topological polar surface area (TPSA) is 41.9 Å². The minimum Gasteiger partial charge on any atom is -0.355 e. The molecule has 2 aromatic rings. The molecule has 0 amide bonds. The second-order valence-electron chi connectivity index (χ2n) is 7.13. The molecule has 10 heteroatoms. The van der Waals surface area contributed by atoms with Crippen LogP contribution in [0.2, 0.25) is 0 Å². The number of fused-ring (bicyclic) bond motifs is 1. The van der Waals surface area contributed by atoms with E-state index < -0.39 is 30.7 Å². The smallest absolute Gasteiger partial charge is 0.355 e. The molecule has 0 bridgehead atoms. The van der Waals surface area contributed by atoms with Crippen molar-refractivity contribution < 1.29 is 26.3 Å². The van der Waals surface area contributed by atoms with E-state index >= 15 is 0 Å². The number of aromatic nitrogens is 3. The van der Waals surface area contributed by atoms with Crippen LogP contribution in [-0.4, -0.2) is 40.4 Å². The molecule has 0 aromatic carbocycles. The van der Waals surface area contributed by atoms with Crippen molar-refractivity contribution in [2.45, 2.75) is 38.0 Å². The summed E-state index contributed by atoms with van der Waals surface area (Å²) in [4.78, 5) is 13.9. The summed E-state index contributed by atoms with van der Waals surface area (Å²) >= 11 is 0. The van der Waals surface area contributed by atoms with E-state index in [2.05, 4.69) is 15.0 Å². The van der Waals surface area contributed by atoms with Gasteiger partial charge in [0, 0.05) is 42.3 Å². The zero-order valence-electron chi connectivity index (χ0n) is 14.6. The Morgan fingerprint density at radius 2 is 1.61 bits per heavy atom. The number of alkyl halides is 6. The van der Waals surface area contributed by atoms with Crippen LogP contribution in [0.5, 0.6) is 0 Å². The van der Waals surface area contributed by atoms with E-state index in [1.165, 1.54) is 12.4 Å². The van der Waals surface area contributed by atoms with E-state index in [9.17, 15) is 26.3 Å². The van der Waals surface area contributed by atoms with Gasteiger partial charge in [-0.25, -0.2) is 9.97 Å². The molecular weight excluding hydrogens is 386 g/mol. The van der Waals surface area contributed by atoms with Crippen molar-refractivity contribution in [2.75, 3.05) is 18.0 Å². The number of rotatable bonds is 2. The van der Waals surface area contributed by atoms with E-state index in [0.29, 0.717) is 29.7 Å². The minimum atomic E-state index is -5.38. The Morgan fingerprint density at radius 1 is 0.929 bits per heavy atom. The first-order valence-corrected chi connectivity index (χ1v) is 8.81. The van der Waals surface area contributed by atoms with Crippen LogP contribution in [0, 0.1) is 5.41 Å².